The van der Waals surface area contributed by atoms with Gasteiger partial charge in [-0.25, -0.2) is 9.18 Å². The summed E-state index contributed by atoms with van der Waals surface area (Å²) >= 11 is 6.10. The zero-order chi connectivity index (χ0) is 21.8. The highest BCUT2D eigenvalue weighted by molar-refractivity contribution is 6.30. The molecule has 160 valence electrons. The van der Waals surface area contributed by atoms with Crippen molar-refractivity contribution in [2.75, 3.05) is 31.5 Å². The number of anilines is 1. The predicted molar refractivity (Wildman–Crippen MR) is 123 cm³/mol. The number of hydrogen-bond donors (Lipinski definition) is 1. The van der Waals surface area contributed by atoms with Crippen molar-refractivity contribution >= 4 is 23.3 Å². The standard InChI is InChI=1S/C25H25ClFN3O/c1-18-7-12-22(17-23(18)27)28-25(31)30-15-13-29(14-16-30)24(19-5-3-2-4-6-19)20-8-10-21(26)11-9-20/h2-12,17,24H,13-16H2,1H3,(H,28,31). The van der Waals surface area contributed by atoms with Gasteiger partial charge in [0.1, 0.15) is 5.82 Å². The van der Waals surface area contributed by atoms with Crippen molar-refractivity contribution in [3.05, 3.63) is 100 Å². The molecule has 1 N–H and O–H groups in total. The van der Waals surface area contributed by atoms with Gasteiger partial charge < -0.3 is 10.2 Å². The van der Waals surface area contributed by atoms with E-state index < -0.39 is 0 Å². The maximum absolute atomic E-state index is 13.8. The zero-order valence-corrected chi connectivity index (χ0v) is 18.1. The molecule has 0 aromatic heterocycles. The number of carbonyl (C=O) groups excluding carboxylic acids is 1. The van der Waals surface area contributed by atoms with Crippen molar-refractivity contribution in [3.8, 4) is 0 Å². The summed E-state index contributed by atoms with van der Waals surface area (Å²) in [5.74, 6) is -0.323. The summed E-state index contributed by atoms with van der Waals surface area (Å²) in [5.41, 5.74) is 3.40. The predicted octanol–water partition coefficient (Wildman–Crippen LogP) is 5.73. The molecule has 1 fully saturated rings. The number of rotatable bonds is 4. The van der Waals surface area contributed by atoms with Gasteiger partial charge in [0.25, 0.3) is 0 Å². The summed E-state index contributed by atoms with van der Waals surface area (Å²) in [6.45, 7) is 4.36. The molecule has 4 rings (SSSR count). The quantitative estimate of drug-likeness (QED) is 0.566. The molecule has 1 atom stereocenters. The van der Waals surface area contributed by atoms with Crippen LogP contribution < -0.4 is 5.32 Å². The Bertz CT molecular complexity index is 1030. The van der Waals surface area contributed by atoms with Crippen LogP contribution in [0.2, 0.25) is 5.02 Å². The fraction of sp³-hybridized carbons (Fsp3) is 0.240. The van der Waals surface area contributed by atoms with E-state index in [1.807, 2.05) is 30.3 Å². The largest absolute Gasteiger partial charge is 0.322 e. The van der Waals surface area contributed by atoms with E-state index in [0.717, 1.165) is 13.1 Å². The van der Waals surface area contributed by atoms with Crippen molar-refractivity contribution in [3.63, 3.8) is 0 Å². The molecule has 1 heterocycles. The monoisotopic (exact) mass is 437 g/mol. The van der Waals surface area contributed by atoms with Gasteiger partial charge in [0.05, 0.1) is 6.04 Å². The first kappa shape index (κ1) is 21.3. The molecule has 1 saturated heterocycles. The van der Waals surface area contributed by atoms with Crippen LogP contribution >= 0.6 is 11.6 Å². The minimum Gasteiger partial charge on any atom is -0.322 e. The van der Waals surface area contributed by atoms with Crippen molar-refractivity contribution < 1.29 is 9.18 Å². The fourth-order valence-corrected chi connectivity index (χ4v) is 4.08. The van der Waals surface area contributed by atoms with Gasteiger partial charge in [0.15, 0.2) is 0 Å². The first-order valence-electron chi connectivity index (χ1n) is 10.4. The van der Waals surface area contributed by atoms with Crippen LogP contribution in [0.1, 0.15) is 22.7 Å². The second kappa shape index (κ2) is 9.50. The van der Waals surface area contributed by atoms with Gasteiger partial charge in [-0.1, -0.05) is 60.1 Å². The third-order valence-electron chi connectivity index (χ3n) is 5.69. The second-order valence-electron chi connectivity index (χ2n) is 7.78. The van der Waals surface area contributed by atoms with E-state index in [1.165, 1.54) is 17.2 Å². The lowest BCUT2D eigenvalue weighted by Gasteiger charge is -2.39. The van der Waals surface area contributed by atoms with Crippen LogP contribution in [0.5, 0.6) is 0 Å². The lowest BCUT2D eigenvalue weighted by molar-refractivity contribution is 0.126. The zero-order valence-electron chi connectivity index (χ0n) is 17.4. The number of urea groups is 1. The van der Waals surface area contributed by atoms with E-state index in [0.29, 0.717) is 29.4 Å². The lowest BCUT2D eigenvalue weighted by atomic mass is 9.96. The number of nitrogens with zero attached hydrogens (tertiary/aromatic N) is 2. The van der Waals surface area contributed by atoms with Gasteiger partial charge in [0.2, 0.25) is 0 Å². The number of amides is 2. The average Bonchev–Trinajstić information content (AvgIpc) is 2.79. The maximum atomic E-state index is 13.8. The summed E-state index contributed by atoms with van der Waals surface area (Å²) in [4.78, 5) is 16.8. The maximum Gasteiger partial charge on any atom is 0.321 e. The summed E-state index contributed by atoms with van der Waals surface area (Å²) in [6, 6.07) is 22.9. The minimum atomic E-state index is -0.323. The number of benzene rings is 3. The van der Waals surface area contributed by atoms with Crippen molar-refractivity contribution in [2.45, 2.75) is 13.0 Å². The van der Waals surface area contributed by atoms with E-state index in [-0.39, 0.29) is 17.9 Å². The number of halogens is 2. The normalized spacial score (nSPS) is 15.5. The Labute approximate surface area is 187 Å². The first-order chi connectivity index (χ1) is 15.0. The Morgan fingerprint density at radius 3 is 2.23 bits per heavy atom. The SMILES string of the molecule is Cc1ccc(NC(=O)N2CCN(C(c3ccccc3)c3ccc(Cl)cc3)CC2)cc1F. The van der Waals surface area contributed by atoms with E-state index in [4.69, 9.17) is 11.6 Å². The van der Waals surface area contributed by atoms with Crippen LogP contribution in [0.4, 0.5) is 14.9 Å². The first-order valence-corrected chi connectivity index (χ1v) is 10.8. The van der Waals surface area contributed by atoms with Gasteiger partial charge in [-0.3, -0.25) is 4.90 Å². The lowest BCUT2D eigenvalue weighted by Crippen LogP contribution is -2.51. The van der Waals surface area contributed by atoms with Crippen LogP contribution in [-0.2, 0) is 0 Å². The van der Waals surface area contributed by atoms with Gasteiger partial charge in [-0.05, 0) is 47.9 Å². The highest BCUT2D eigenvalue weighted by Crippen LogP contribution is 2.30. The Balaban J connectivity index is 1.45. The second-order valence-corrected chi connectivity index (χ2v) is 8.22. The van der Waals surface area contributed by atoms with Crippen LogP contribution in [-0.4, -0.2) is 42.0 Å². The molecule has 31 heavy (non-hydrogen) atoms. The van der Waals surface area contributed by atoms with Crippen LogP contribution in [0.15, 0.2) is 72.8 Å². The molecule has 1 aliphatic rings. The van der Waals surface area contributed by atoms with Crippen LogP contribution in [0, 0.1) is 12.7 Å². The third-order valence-corrected chi connectivity index (χ3v) is 5.94. The number of nitrogens with one attached hydrogen (secondary N) is 1. The van der Waals surface area contributed by atoms with Crippen molar-refractivity contribution in [1.29, 1.82) is 0 Å². The molecule has 0 radical (unpaired) electrons. The number of hydrogen-bond acceptors (Lipinski definition) is 2. The van der Waals surface area contributed by atoms with E-state index in [2.05, 4.69) is 34.5 Å². The number of aryl methyl sites for hydroxylation is 1. The molecule has 1 aliphatic heterocycles. The summed E-state index contributed by atoms with van der Waals surface area (Å²) in [5, 5.41) is 3.52. The molecule has 3 aromatic carbocycles. The van der Waals surface area contributed by atoms with E-state index in [1.54, 1.807) is 24.0 Å². The highest BCUT2D eigenvalue weighted by Gasteiger charge is 2.28. The van der Waals surface area contributed by atoms with E-state index >= 15 is 0 Å². The Kier molecular flexibility index (Phi) is 6.54. The van der Waals surface area contributed by atoms with E-state index in [9.17, 15) is 9.18 Å². The summed E-state index contributed by atoms with van der Waals surface area (Å²) in [7, 11) is 0. The van der Waals surface area contributed by atoms with Gasteiger partial charge in [-0.15, -0.1) is 0 Å². The fourth-order valence-electron chi connectivity index (χ4n) is 3.95. The van der Waals surface area contributed by atoms with Crippen molar-refractivity contribution in [2.24, 2.45) is 0 Å². The van der Waals surface area contributed by atoms with Gasteiger partial charge in [0, 0.05) is 36.9 Å². The van der Waals surface area contributed by atoms with Crippen LogP contribution in [0.25, 0.3) is 0 Å². The molecular weight excluding hydrogens is 413 g/mol. The summed E-state index contributed by atoms with van der Waals surface area (Å²) < 4.78 is 13.8. The number of piperazine rings is 1. The highest BCUT2D eigenvalue weighted by atomic mass is 35.5. The third kappa shape index (κ3) is 5.06. The molecule has 3 aromatic rings. The van der Waals surface area contributed by atoms with Crippen LogP contribution in [0.3, 0.4) is 0 Å². The van der Waals surface area contributed by atoms with Crippen molar-refractivity contribution in [1.82, 2.24) is 9.80 Å². The summed E-state index contributed by atoms with van der Waals surface area (Å²) in [6.07, 6.45) is 0. The molecule has 0 spiro atoms. The molecule has 0 saturated carbocycles. The minimum absolute atomic E-state index is 0.0925. The Morgan fingerprint density at radius 2 is 1.58 bits per heavy atom. The molecule has 4 nitrogen and oxygen atoms in total. The smallest absolute Gasteiger partial charge is 0.321 e. The Hall–Kier alpha value is -2.89. The molecular formula is C25H25ClFN3O. The topological polar surface area (TPSA) is 35.6 Å². The molecule has 6 heteroatoms. The number of carbonyl (C=O) groups is 1. The molecule has 0 bridgehead atoms. The molecule has 0 aliphatic carbocycles. The average molecular weight is 438 g/mol. The Morgan fingerprint density at radius 1 is 0.935 bits per heavy atom. The van der Waals surface area contributed by atoms with Gasteiger partial charge >= 0.3 is 6.03 Å². The van der Waals surface area contributed by atoms with Gasteiger partial charge in [-0.2, -0.15) is 0 Å². The molecule has 1 unspecified atom stereocenters. The molecule has 2 amide bonds.